The smallest absolute Gasteiger partial charge is 0.324 e. The molecule has 3 aromatic rings. The number of benzene rings is 1. The molecule has 0 saturated carbocycles. The maximum absolute atomic E-state index is 12.7. The van der Waals surface area contributed by atoms with Gasteiger partial charge in [0.2, 0.25) is 12.7 Å². The van der Waals surface area contributed by atoms with E-state index in [0.717, 1.165) is 5.69 Å². The fourth-order valence-corrected chi connectivity index (χ4v) is 3.36. The number of amides is 2. The van der Waals surface area contributed by atoms with Crippen molar-refractivity contribution in [1.29, 1.82) is 0 Å². The van der Waals surface area contributed by atoms with Crippen molar-refractivity contribution >= 4 is 17.5 Å². The third kappa shape index (κ3) is 4.16. The fourth-order valence-electron chi connectivity index (χ4n) is 3.36. The first kappa shape index (κ1) is 21.4. The minimum absolute atomic E-state index is 0.154. The number of aryl methyl sites for hydroxylation is 1. The summed E-state index contributed by atoms with van der Waals surface area (Å²) >= 11 is 0. The van der Waals surface area contributed by atoms with Crippen molar-refractivity contribution < 1.29 is 14.3 Å². The minimum Gasteiger partial charge on any atom is -0.454 e. The molecule has 0 radical (unpaired) electrons. The predicted octanol–water partition coefficient (Wildman–Crippen LogP) is 3.50. The summed E-state index contributed by atoms with van der Waals surface area (Å²) in [5.74, 6) is 1.81. The first-order chi connectivity index (χ1) is 15.2. The average Bonchev–Trinajstić information content (AvgIpc) is 3.34. The zero-order chi connectivity index (χ0) is 23.0. The third-order valence-electron chi connectivity index (χ3n) is 5.11. The zero-order valence-electron chi connectivity index (χ0n) is 18.7. The summed E-state index contributed by atoms with van der Waals surface area (Å²) in [7, 11) is 0. The van der Waals surface area contributed by atoms with E-state index in [2.05, 4.69) is 25.7 Å². The number of nitrogens with zero attached hydrogens (tertiary/aromatic N) is 3. The predicted molar refractivity (Wildman–Crippen MR) is 120 cm³/mol. The number of anilines is 2. The van der Waals surface area contributed by atoms with Crippen LogP contribution in [-0.4, -0.2) is 32.6 Å². The Morgan fingerprint density at radius 2 is 1.94 bits per heavy atom. The largest absolute Gasteiger partial charge is 0.454 e. The third-order valence-corrected chi connectivity index (χ3v) is 5.11. The molecule has 0 aliphatic carbocycles. The number of ether oxygens (including phenoxy) is 2. The molecule has 0 fully saturated rings. The lowest BCUT2D eigenvalue weighted by atomic mass is 9.92. The van der Waals surface area contributed by atoms with Crippen molar-refractivity contribution in [2.24, 2.45) is 0 Å². The Balaban J connectivity index is 1.65. The summed E-state index contributed by atoms with van der Waals surface area (Å²) in [4.78, 5) is 32.5. The van der Waals surface area contributed by atoms with Crippen molar-refractivity contribution in [2.45, 2.75) is 46.5 Å². The number of urea groups is 1. The molecular weight excluding hydrogens is 412 g/mol. The minimum atomic E-state index is -0.477. The van der Waals surface area contributed by atoms with Gasteiger partial charge in [-0.25, -0.2) is 9.78 Å². The SMILES string of the molecule is CCc1c(C)nc(-n2nc(C(C)(C)C)cc2NC(=O)Nc2ccc3c(c2)OCO3)[nH]c1=O. The Bertz CT molecular complexity index is 1240. The quantitative estimate of drug-likeness (QED) is 0.573. The Hall–Kier alpha value is -3.82. The van der Waals surface area contributed by atoms with Gasteiger partial charge in [-0.1, -0.05) is 27.7 Å². The first-order valence-corrected chi connectivity index (χ1v) is 10.3. The molecule has 0 unspecified atom stereocenters. The van der Waals surface area contributed by atoms with Gasteiger partial charge in [-0.05, 0) is 25.5 Å². The van der Waals surface area contributed by atoms with E-state index in [1.807, 2.05) is 27.7 Å². The maximum Gasteiger partial charge on any atom is 0.324 e. The van der Waals surface area contributed by atoms with Gasteiger partial charge in [0.05, 0.1) is 5.69 Å². The molecular formula is C22H26N6O4. The van der Waals surface area contributed by atoms with Crippen LogP contribution in [0.15, 0.2) is 29.1 Å². The molecule has 1 aromatic carbocycles. The summed E-state index contributed by atoms with van der Waals surface area (Å²) in [5.41, 5.74) is 2.01. The summed E-state index contributed by atoms with van der Waals surface area (Å²) in [5, 5.41) is 10.2. The van der Waals surface area contributed by atoms with E-state index >= 15 is 0 Å². The first-order valence-electron chi connectivity index (χ1n) is 10.3. The van der Waals surface area contributed by atoms with E-state index < -0.39 is 6.03 Å². The molecule has 0 atom stereocenters. The van der Waals surface area contributed by atoms with Gasteiger partial charge in [0.1, 0.15) is 5.82 Å². The Labute approximate surface area is 185 Å². The molecule has 0 spiro atoms. The van der Waals surface area contributed by atoms with Crippen LogP contribution in [0.3, 0.4) is 0 Å². The van der Waals surface area contributed by atoms with Gasteiger partial charge < -0.3 is 14.8 Å². The van der Waals surface area contributed by atoms with Crippen molar-refractivity contribution in [2.75, 3.05) is 17.4 Å². The number of nitrogens with one attached hydrogen (secondary N) is 3. The number of fused-ring (bicyclic) bond motifs is 1. The van der Waals surface area contributed by atoms with Crippen LogP contribution in [0, 0.1) is 6.92 Å². The van der Waals surface area contributed by atoms with Crippen LogP contribution in [-0.2, 0) is 11.8 Å². The lowest BCUT2D eigenvalue weighted by molar-refractivity contribution is 0.174. The molecule has 0 bridgehead atoms. The lowest BCUT2D eigenvalue weighted by Gasteiger charge is -2.14. The number of aromatic amines is 1. The zero-order valence-corrected chi connectivity index (χ0v) is 18.7. The normalized spacial score (nSPS) is 12.7. The Morgan fingerprint density at radius 3 is 2.62 bits per heavy atom. The highest BCUT2D eigenvalue weighted by atomic mass is 16.7. The Kier molecular flexibility index (Phi) is 5.37. The van der Waals surface area contributed by atoms with Gasteiger partial charge in [0.15, 0.2) is 11.5 Å². The van der Waals surface area contributed by atoms with Gasteiger partial charge in [-0.3, -0.25) is 15.1 Å². The maximum atomic E-state index is 12.7. The van der Waals surface area contributed by atoms with E-state index in [9.17, 15) is 9.59 Å². The second-order valence-corrected chi connectivity index (χ2v) is 8.53. The molecule has 168 valence electrons. The molecule has 32 heavy (non-hydrogen) atoms. The molecule has 4 rings (SSSR count). The van der Waals surface area contributed by atoms with Gasteiger partial charge >= 0.3 is 6.03 Å². The lowest BCUT2D eigenvalue weighted by Crippen LogP contribution is -2.24. The van der Waals surface area contributed by atoms with Gasteiger partial charge in [0.25, 0.3) is 5.56 Å². The van der Waals surface area contributed by atoms with Crippen molar-refractivity contribution in [3.8, 4) is 17.4 Å². The van der Waals surface area contributed by atoms with Gasteiger partial charge in [-0.2, -0.15) is 9.78 Å². The summed E-state index contributed by atoms with van der Waals surface area (Å²) in [6, 6.07) is 6.42. The second kappa shape index (κ2) is 8.03. The van der Waals surface area contributed by atoms with Crippen LogP contribution in [0.2, 0.25) is 0 Å². The number of H-pyrrole nitrogens is 1. The molecule has 2 amide bonds. The van der Waals surface area contributed by atoms with Gasteiger partial charge in [-0.15, -0.1) is 0 Å². The summed E-state index contributed by atoms with van der Waals surface area (Å²) in [6.45, 7) is 9.87. The van der Waals surface area contributed by atoms with Crippen molar-refractivity contribution in [1.82, 2.24) is 19.7 Å². The molecule has 10 heteroatoms. The van der Waals surface area contributed by atoms with Crippen LogP contribution in [0.5, 0.6) is 11.5 Å². The monoisotopic (exact) mass is 438 g/mol. The fraction of sp³-hybridized carbons (Fsp3) is 0.364. The van der Waals surface area contributed by atoms with Crippen LogP contribution in [0.1, 0.15) is 44.6 Å². The molecule has 3 heterocycles. The van der Waals surface area contributed by atoms with E-state index in [4.69, 9.17) is 9.47 Å². The highest BCUT2D eigenvalue weighted by molar-refractivity contribution is 5.99. The van der Waals surface area contributed by atoms with E-state index in [-0.39, 0.29) is 23.7 Å². The molecule has 3 N–H and O–H groups in total. The summed E-state index contributed by atoms with van der Waals surface area (Å²) < 4.78 is 12.1. The highest BCUT2D eigenvalue weighted by Gasteiger charge is 2.23. The molecule has 1 aliphatic heterocycles. The van der Waals surface area contributed by atoms with Crippen molar-refractivity contribution in [3.05, 3.63) is 51.6 Å². The average molecular weight is 438 g/mol. The standard InChI is InChI=1S/C22H26N6O4/c1-6-14-12(2)23-20(26-19(14)29)28-18(10-17(27-28)22(3,4)5)25-21(30)24-13-7-8-15-16(9-13)32-11-31-15/h7-10H,6,11H2,1-5H3,(H,23,26,29)(H2,24,25,30). The number of hydrogen-bond acceptors (Lipinski definition) is 6. The van der Waals surface area contributed by atoms with Crippen molar-refractivity contribution in [3.63, 3.8) is 0 Å². The van der Waals surface area contributed by atoms with Crippen LogP contribution in [0.25, 0.3) is 5.95 Å². The van der Waals surface area contributed by atoms with E-state index in [1.54, 1.807) is 31.2 Å². The molecule has 1 aliphatic rings. The van der Waals surface area contributed by atoms with E-state index in [1.165, 1.54) is 4.68 Å². The van der Waals surface area contributed by atoms with E-state index in [0.29, 0.717) is 40.7 Å². The van der Waals surface area contributed by atoms with Crippen LogP contribution in [0.4, 0.5) is 16.3 Å². The number of carbonyl (C=O) groups excluding carboxylic acids is 1. The topological polar surface area (TPSA) is 123 Å². The van der Waals surface area contributed by atoms with Crippen LogP contribution >= 0.6 is 0 Å². The second-order valence-electron chi connectivity index (χ2n) is 8.53. The Morgan fingerprint density at radius 1 is 1.19 bits per heavy atom. The number of hydrogen-bond donors (Lipinski definition) is 3. The summed E-state index contributed by atoms with van der Waals surface area (Å²) in [6.07, 6.45) is 0.573. The molecule has 10 nitrogen and oxygen atoms in total. The number of carbonyl (C=O) groups is 1. The molecule has 0 saturated heterocycles. The number of rotatable bonds is 4. The number of aromatic nitrogens is 4. The van der Waals surface area contributed by atoms with Gasteiger partial charge in [0, 0.05) is 34.5 Å². The highest BCUT2D eigenvalue weighted by Crippen LogP contribution is 2.34. The van der Waals surface area contributed by atoms with Crippen LogP contribution < -0.4 is 25.7 Å². The molecule has 2 aromatic heterocycles.